The van der Waals surface area contributed by atoms with E-state index in [4.69, 9.17) is 0 Å². The summed E-state index contributed by atoms with van der Waals surface area (Å²) >= 11 is 0. The number of amides is 1. The standard InChI is InChI=1S/C17H22N2O3S/c1-13(19-17(20)9-10-18-23(2,21)22)11-14-7-8-15-5-3-4-6-16(15)12-14/h3-8,12-13,18H,9-11H2,1-2H3,(H,19,20). The van der Waals surface area contributed by atoms with Gasteiger partial charge in [0.05, 0.1) is 6.26 Å². The zero-order chi connectivity index (χ0) is 16.9. The summed E-state index contributed by atoms with van der Waals surface area (Å²) in [7, 11) is -3.25. The highest BCUT2D eigenvalue weighted by Gasteiger charge is 2.09. The van der Waals surface area contributed by atoms with Crippen molar-refractivity contribution >= 4 is 26.7 Å². The third-order valence-corrected chi connectivity index (χ3v) is 4.21. The van der Waals surface area contributed by atoms with Gasteiger partial charge in [0.15, 0.2) is 0 Å². The van der Waals surface area contributed by atoms with Gasteiger partial charge in [-0.05, 0) is 29.7 Å². The van der Waals surface area contributed by atoms with Gasteiger partial charge in [-0.3, -0.25) is 4.79 Å². The Balaban J connectivity index is 1.85. The van der Waals surface area contributed by atoms with E-state index in [2.05, 4.69) is 40.4 Å². The van der Waals surface area contributed by atoms with E-state index < -0.39 is 10.0 Å². The van der Waals surface area contributed by atoms with E-state index in [0.717, 1.165) is 18.2 Å². The minimum Gasteiger partial charge on any atom is -0.353 e. The van der Waals surface area contributed by atoms with Crippen LogP contribution < -0.4 is 10.0 Å². The van der Waals surface area contributed by atoms with E-state index in [-0.39, 0.29) is 24.9 Å². The molecule has 1 amide bonds. The normalized spacial score (nSPS) is 13.0. The maximum absolute atomic E-state index is 11.8. The lowest BCUT2D eigenvalue weighted by Crippen LogP contribution is -2.36. The van der Waals surface area contributed by atoms with Crippen molar-refractivity contribution in [3.63, 3.8) is 0 Å². The molecule has 2 aromatic carbocycles. The number of benzene rings is 2. The second-order valence-electron chi connectivity index (χ2n) is 5.77. The van der Waals surface area contributed by atoms with E-state index >= 15 is 0 Å². The Morgan fingerprint density at radius 3 is 2.52 bits per heavy atom. The first kappa shape index (κ1) is 17.4. The van der Waals surface area contributed by atoms with E-state index in [1.165, 1.54) is 10.8 Å². The van der Waals surface area contributed by atoms with Gasteiger partial charge in [-0.15, -0.1) is 0 Å². The van der Waals surface area contributed by atoms with Crippen molar-refractivity contribution in [3.05, 3.63) is 48.0 Å². The Kier molecular flexibility index (Phi) is 5.74. The molecule has 0 aliphatic heterocycles. The fraction of sp³-hybridized carbons (Fsp3) is 0.353. The van der Waals surface area contributed by atoms with Crippen LogP contribution in [-0.2, 0) is 21.2 Å². The van der Waals surface area contributed by atoms with Crippen molar-refractivity contribution < 1.29 is 13.2 Å². The van der Waals surface area contributed by atoms with Crippen LogP contribution in [0.15, 0.2) is 42.5 Å². The maximum atomic E-state index is 11.8. The minimum absolute atomic E-state index is 0.0121. The summed E-state index contributed by atoms with van der Waals surface area (Å²) in [6.45, 7) is 2.06. The largest absolute Gasteiger partial charge is 0.353 e. The quantitative estimate of drug-likeness (QED) is 0.811. The Morgan fingerprint density at radius 2 is 1.83 bits per heavy atom. The van der Waals surface area contributed by atoms with Gasteiger partial charge in [0.2, 0.25) is 15.9 Å². The molecule has 124 valence electrons. The fourth-order valence-electron chi connectivity index (χ4n) is 2.47. The lowest BCUT2D eigenvalue weighted by atomic mass is 10.0. The van der Waals surface area contributed by atoms with Gasteiger partial charge in [-0.1, -0.05) is 42.5 Å². The lowest BCUT2D eigenvalue weighted by molar-refractivity contribution is -0.121. The second-order valence-corrected chi connectivity index (χ2v) is 7.60. The van der Waals surface area contributed by atoms with Crippen LogP contribution >= 0.6 is 0 Å². The minimum atomic E-state index is -3.25. The van der Waals surface area contributed by atoms with Crippen LogP contribution in [0.1, 0.15) is 18.9 Å². The van der Waals surface area contributed by atoms with E-state index in [1.807, 2.05) is 19.1 Å². The molecule has 23 heavy (non-hydrogen) atoms. The first-order valence-electron chi connectivity index (χ1n) is 7.55. The SMILES string of the molecule is CC(Cc1ccc2ccccc2c1)NC(=O)CCNS(C)(=O)=O. The van der Waals surface area contributed by atoms with E-state index in [0.29, 0.717) is 0 Å². The van der Waals surface area contributed by atoms with Crippen molar-refractivity contribution in [2.24, 2.45) is 0 Å². The molecule has 0 spiro atoms. The monoisotopic (exact) mass is 334 g/mol. The van der Waals surface area contributed by atoms with Crippen LogP contribution in [0.4, 0.5) is 0 Å². The van der Waals surface area contributed by atoms with Crippen molar-refractivity contribution in [1.29, 1.82) is 0 Å². The molecule has 0 heterocycles. The van der Waals surface area contributed by atoms with Crippen LogP contribution in [-0.4, -0.2) is 33.2 Å². The number of carbonyl (C=O) groups is 1. The molecular weight excluding hydrogens is 312 g/mol. The van der Waals surface area contributed by atoms with Gasteiger partial charge in [0.25, 0.3) is 0 Å². The Labute approximate surface area is 137 Å². The summed E-state index contributed by atoms with van der Waals surface area (Å²) in [5, 5.41) is 5.26. The van der Waals surface area contributed by atoms with Crippen molar-refractivity contribution in [2.45, 2.75) is 25.8 Å². The van der Waals surface area contributed by atoms with Gasteiger partial charge >= 0.3 is 0 Å². The van der Waals surface area contributed by atoms with Gasteiger partial charge in [0.1, 0.15) is 0 Å². The topological polar surface area (TPSA) is 75.3 Å². The number of sulfonamides is 1. The molecule has 5 nitrogen and oxygen atoms in total. The molecule has 1 atom stereocenters. The summed E-state index contributed by atoms with van der Waals surface area (Å²) in [4.78, 5) is 11.8. The number of carbonyl (C=O) groups excluding carboxylic acids is 1. The predicted molar refractivity (Wildman–Crippen MR) is 92.7 cm³/mol. The molecule has 2 rings (SSSR count). The molecule has 2 N–H and O–H groups in total. The summed E-state index contributed by atoms with van der Waals surface area (Å²) in [5.74, 6) is -0.158. The molecule has 0 aromatic heterocycles. The van der Waals surface area contributed by atoms with E-state index in [9.17, 15) is 13.2 Å². The van der Waals surface area contributed by atoms with Crippen LogP contribution in [0.25, 0.3) is 10.8 Å². The van der Waals surface area contributed by atoms with Crippen molar-refractivity contribution in [2.75, 3.05) is 12.8 Å². The third kappa shape index (κ3) is 6.00. The lowest BCUT2D eigenvalue weighted by Gasteiger charge is -2.14. The average Bonchev–Trinajstić information content (AvgIpc) is 2.45. The molecule has 6 heteroatoms. The van der Waals surface area contributed by atoms with Crippen molar-refractivity contribution in [1.82, 2.24) is 10.0 Å². The summed E-state index contributed by atoms with van der Waals surface area (Å²) in [5.41, 5.74) is 1.16. The van der Waals surface area contributed by atoms with Crippen LogP contribution in [0, 0.1) is 0 Å². The third-order valence-electron chi connectivity index (χ3n) is 3.48. The molecule has 0 aliphatic rings. The zero-order valence-corrected chi connectivity index (χ0v) is 14.2. The number of fused-ring (bicyclic) bond motifs is 1. The van der Waals surface area contributed by atoms with Crippen LogP contribution in [0.5, 0.6) is 0 Å². The summed E-state index contributed by atoms with van der Waals surface area (Å²) in [6.07, 6.45) is 1.94. The van der Waals surface area contributed by atoms with Gasteiger partial charge < -0.3 is 5.32 Å². The second kappa shape index (κ2) is 7.57. The first-order chi connectivity index (χ1) is 10.8. The first-order valence-corrected chi connectivity index (χ1v) is 9.44. The molecule has 2 aromatic rings. The average molecular weight is 334 g/mol. The van der Waals surface area contributed by atoms with Crippen LogP contribution in [0.3, 0.4) is 0 Å². The van der Waals surface area contributed by atoms with Crippen molar-refractivity contribution in [3.8, 4) is 0 Å². The summed E-state index contributed by atoms with van der Waals surface area (Å²) < 4.78 is 24.2. The predicted octanol–water partition coefficient (Wildman–Crippen LogP) is 1.83. The zero-order valence-electron chi connectivity index (χ0n) is 13.4. The van der Waals surface area contributed by atoms with Gasteiger partial charge in [0, 0.05) is 19.0 Å². The molecular formula is C17H22N2O3S. The van der Waals surface area contributed by atoms with Gasteiger partial charge in [-0.2, -0.15) is 0 Å². The Bertz CT molecular complexity index is 787. The highest BCUT2D eigenvalue weighted by Crippen LogP contribution is 2.16. The van der Waals surface area contributed by atoms with Gasteiger partial charge in [-0.25, -0.2) is 13.1 Å². The number of nitrogens with one attached hydrogen (secondary N) is 2. The molecule has 0 fully saturated rings. The molecule has 1 unspecified atom stereocenters. The Hall–Kier alpha value is -1.92. The molecule has 0 radical (unpaired) electrons. The molecule has 0 saturated carbocycles. The Morgan fingerprint density at radius 1 is 1.13 bits per heavy atom. The van der Waals surface area contributed by atoms with E-state index in [1.54, 1.807) is 0 Å². The smallest absolute Gasteiger partial charge is 0.221 e. The number of hydrogen-bond donors (Lipinski definition) is 2. The highest BCUT2D eigenvalue weighted by molar-refractivity contribution is 7.88. The summed E-state index contributed by atoms with van der Waals surface area (Å²) in [6, 6.07) is 14.4. The number of hydrogen-bond acceptors (Lipinski definition) is 3. The number of rotatable bonds is 7. The fourth-order valence-corrected chi connectivity index (χ4v) is 2.94. The highest BCUT2D eigenvalue weighted by atomic mass is 32.2. The molecule has 0 aliphatic carbocycles. The maximum Gasteiger partial charge on any atom is 0.221 e. The molecule has 0 saturated heterocycles. The molecule has 0 bridgehead atoms. The van der Waals surface area contributed by atoms with Crippen LogP contribution in [0.2, 0.25) is 0 Å².